The highest BCUT2D eigenvalue weighted by Gasteiger charge is 2.67. The molecule has 0 aliphatic heterocycles. The Morgan fingerprint density at radius 1 is 1.08 bits per heavy atom. The first kappa shape index (κ1) is 24.6. The molecule has 4 aliphatic rings. The van der Waals surface area contributed by atoms with Crippen molar-refractivity contribution < 1.29 is 19.1 Å². The second kappa shape index (κ2) is 8.79. The predicted molar refractivity (Wildman–Crippen MR) is 136 cm³/mol. The minimum absolute atomic E-state index is 0.0269. The molecule has 0 aromatic heterocycles. The van der Waals surface area contributed by atoms with Crippen molar-refractivity contribution in [2.75, 3.05) is 12.1 Å². The highest BCUT2D eigenvalue weighted by atomic mass is 16.6. The fourth-order valence-corrected chi connectivity index (χ4v) is 7.98. The van der Waals surface area contributed by atoms with Crippen LogP contribution in [0.5, 0.6) is 0 Å². The van der Waals surface area contributed by atoms with Crippen LogP contribution in [0.1, 0.15) is 77.2 Å². The maximum absolute atomic E-state index is 13.2. The van der Waals surface area contributed by atoms with Gasteiger partial charge < -0.3 is 4.74 Å². The monoisotopic (exact) mass is 490 g/mol. The average molecular weight is 491 g/mol. The molecule has 190 valence electrons. The van der Waals surface area contributed by atoms with Gasteiger partial charge in [-0.15, -0.1) is 4.91 Å². The van der Waals surface area contributed by atoms with Crippen molar-refractivity contribution in [1.29, 1.82) is 0 Å². The number of nitrogens with zero attached hydrogens (tertiary/aromatic N) is 2. The minimum Gasteiger partial charge on any atom is -0.451 e. The smallest absolute Gasteiger partial charge is 0.303 e. The number of hydrogen-bond donors (Lipinski definition) is 0. The normalized spacial score (nSPS) is 33.2. The summed E-state index contributed by atoms with van der Waals surface area (Å²) >= 11 is 0. The molecule has 0 unspecified atom stereocenters. The summed E-state index contributed by atoms with van der Waals surface area (Å²) < 4.78 is 5.97. The number of nitroso groups, excluding NO2 is 1. The summed E-state index contributed by atoms with van der Waals surface area (Å²) in [6.45, 7) is 5.10. The van der Waals surface area contributed by atoms with Gasteiger partial charge in [-0.05, 0) is 92.2 Å². The molecule has 1 aromatic rings. The second-order valence-corrected chi connectivity index (χ2v) is 11.2. The quantitative estimate of drug-likeness (QED) is 0.303. The molecule has 0 radical (unpaired) electrons. The summed E-state index contributed by atoms with van der Waals surface area (Å²) in [5.41, 5.74) is 4.07. The Hall–Kier alpha value is -3.09. The lowest BCUT2D eigenvalue weighted by Gasteiger charge is -2.55. The first-order chi connectivity index (χ1) is 17.1. The number of hydrogen-bond acceptors (Lipinski definition) is 6. The van der Waals surface area contributed by atoms with E-state index in [1.807, 2.05) is 30.3 Å². The zero-order chi connectivity index (χ0) is 25.8. The van der Waals surface area contributed by atoms with Gasteiger partial charge in [-0.3, -0.25) is 14.4 Å². The summed E-state index contributed by atoms with van der Waals surface area (Å²) in [6.07, 6.45) is 6.99. The van der Waals surface area contributed by atoms with Gasteiger partial charge >= 0.3 is 5.97 Å². The van der Waals surface area contributed by atoms with Crippen LogP contribution in [0, 0.1) is 22.2 Å². The van der Waals surface area contributed by atoms with Crippen LogP contribution in [0.4, 0.5) is 5.69 Å². The van der Waals surface area contributed by atoms with Crippen molar-refractivity contribution in [3.8, 4) is 0 Å². The number of carbonyl (C=O) groups excluding carboxylic acids is 3. The number of ether oxygens (including phenoxy) is 1. The summed E-state index contributed by atoms with van der Waals surface area (Å²) in [4.78, 5) is 48.7. The molecule has 2 saturated carbocycles. The molecular formula is C29H34N2O5. The van der Waals surface area contributed by atoms with Crippen molar-refractivity contribution >= 4 is 23.2 Å². The number of ketones is 2. The molecule has 0 bridgehead atoms. The molecular weight excluding hydrogens is 456 g/mol. The molecule has 7 heteroatoms. The molecule has 5 atom stereocenters. The maximum atomic E-state index is 13.2. The topological polar surface area (TPSA) is 93.1 Å². The molecule has 0 heterocycles. The van der Waals surface area contributed by atoms with Crippen LogP contribution in [-0.2, 0) is 19.1 Å². The maximum Gasteiger partial charge on any atom is 0.303 e. The number of allylic oxidation sites excluding steroid dienone is 4. The molecule has 0 saturated heterocycles. The number of rotatable bonds is 5. The van der Waals surface area contributed by atoms with E-state index in [1.165, 1.54) is 28.7 Å². The molecule has 2 fully saturated rings. The second-order valence-electron chi connectivity index (χ2n) is 11.2. The summed E-state index contributed by atoms with van der Waals surface area (Å²) in [5.74, 6) is 0.227. The summed E-state index contributed by atoms with van der Waals surface area (Å²) in [7, 11) is 1.62. The SMILES string of the molecule is CC(=O)O[C@]1(C(C)=O)CC[C@H]2[C@@H]3CCC4=CC(=O)CCC4=C3[C@@H](c3ccc(N(C)N=O)cc3)C[C@@]21C. The first-order valence-electron chi connectivity index (χ1n) is 13.0. The number of Topliss-reactive ketones (excluding diaryl/α,β-unsaturated/α-hetero) is 1. The third-order valence-electron chi connectivity index (χ3n) is 9.53. The predicted octanol–water partition coefficient (Wildman–Crippen LogP) is 5.59. The zero-order valence-corrected chi connectivity index (χ0v) is 21.5. The molecule has 36 heavy (non-hydrogen) atoms. The number of benzene rings is 1. The lowest BCUT2D eigenvalue weighted by molar-refractivity contribution is -0.182. The summed E-state index contributed by atoms with van der Waals surface area (Å²) in [5, 5.41) is 4.29. The minimum atomic E-state index is -1.13. The van der Waals surface area contributed by atoms with Crippen molar-refractivity contribution in [2.24, 2.45) is 22.5 Å². The molecule has 1 aromatic carbocycles. The van der Waals surface area contributed by atoms with E-state index in [4.69, 9.17) is 4.74 Å². The van der Waals surface area contributed by atoms with Crippen LogP contribution in [-0.4, -0.2) is 30.2 Å². The van der Waals surface area contributed by atoms with Gasteiger partial charge in [-0.1, -0.05) is 24.6 Å². The van der Waals surface area contributed by atoms with Gasteiger partial charge in [0.2, 0.25) is 0 Å². The van der Waals surface area contributed by atoms with Gasteiger partial charge in [0.05, 0.1) is 11.0 Å². The van der Waals surface area contributed by atoms with Gasteiger partial charge in [-0.25, -0.2) is 5.01 Å². The highest BCUT2D eigenvalue weighted by molar-refractivity contribution is 5.93. The van der Waals surface area contributed by atoms with Crippen LogP contribution in [0.2, 0.25) is 0 Å². The van der Waals surface area contributed by atoms with Gasteiger partial charge in [0.15, 0.2) is 17.2 Å². The van der Waals surface area contributed by atoms with Crippen LogP contribution >= 0.6 is 0 Å². The van der Waals surface area contributed by atoms with Crippen molar-refractivity contribution in [1.82, 2.24) is 0 Å². The number of esters is 1. The standard InChI is InChI=1S/C29H34N2O5/c1-17(32)29(36-18(2)33)14-13-26-24-11-7-20-15-22(34)10-12-23(20)27(24)25(16-28(26,29)3)19-5-8-21(9-6-19)31(4)30-35/h5-6,8-9,15,24-26H,7,10-14,16H2,1-4H3/t24-,25+,26-,28-,29-/m0/s1. The number of anilines is 1. The van der Waals surface area contributed by atoms with Gasteiger partial charge in [-0.2, -0.15) is 0 Å². The Labute approximate surface area is 211 Å². The average Bonchev–Trinajstić information content (AvgIpc) is 3.15. The Bertz CT molecular complexity index is 1200. The molecule has 0 spiro atoms. The highest BCUT2D eigenvalue weighted by Crippen LogP contribution is 2.67. The molecule has 5 rings (SSSR count). The van der Waals surface area contributed by atoms with E-state index in [9.17, 15) is 19.3 Å². The van der Waals surface area contributed by atoms with Crippen LogP contribution in [0.25, 0.3) is 0 Å². The fraction of sp³-hybridized carbons (Fsp3) is 0.552. The van der Waals surface area contributed by atoms with Gasteiger partial charge in [0.25, 0.3) is 0 Å². The number of carbonyl (C=O) groups is 3. The Kier molecular flexibility index (Phi) is 6.00. The largest absolute Gasteiger partial charge is 0.451 e. The van der Waals surface area contributed by atoms with Crippen molar-refractivity contribution in [3.63, 3.8) is 0 Å². The fourth-order valence-electron chi connectivity index (χ4n) is 7.98. The van der Waals surface area contributed by atoms with Crippen molar-refractivity contribution in [2.45, 2.75) is 77.2 Å². The lowest BCUT2D eigenvalue weighted by atomic mass is 9.50. The van der Waals surface area contributed by atoms with E-state index in [1.54, 1.807) is 14.0 Å². The number of fused-ring (bicyclic) bond motifs is 4. The van der Waals surface area contributed by atoms with E-state index in [0.29, 0.717) is 24.9 Å². The van der Waals surface area contributed by atoms with Crippen molar-refractivity contribution in [3.05, 3.63) is 57.5 Å². The van der Waals surface area contributed by atoms with Gasteiger partial charge in [0, 0.05) is 31.7 Å². The summed E-state index contributed by atoms with van der Waals surface area (Å²) in [6, 6.07) is 7.87. The van der Waals surface area contributed by atoms with Gasteiger partial charge in [0.1, 0.15) is 0 Å². The molecule has 4 aliphatic carbocycles. The first-order valence-corrected chi connectivity index (χ1v) is 13.0. The van der Waals surface area contributed by atoms with E-state index >= 15 is 0 Å². The van der Waals surface area contributed by atoms with Crippen LogP contribution in [0.3, 0.4) is 0 Å². The van der Waals surface area contributed by atoms with Crippen LogP contribution in [0.15, 0.2) is 52.3 Å². The molecule has 0 N–H and O–H groups in total. The Morgan fingerprint density at radius 2 is 1.81 bits per heavy atom. The van der Waals surface area contributed by atoms with E-state index in [-0.39, 0.29) is 29.3 Å². The molecule has 0 amide bonds. The third-order valence-corrected chi connectivity index (χ3v) is 9.53. The van der Waals surface area contributed by atoms with Crippen LogP contribution < -0.4 is 5.01 Å². The van der Waals surface area contributed by atoms with E-state index < -0.39 is 17.0 Å². The Balaban J connectivity index is 1.67. The Morgan fingerprint density at radius 3 is 2.44 bits per heavy atom. The zero-order valence-electron chi connectivity index (χ0n) is 21.5. The lowest BCUT2D eigenvalue weighted by Crippen LogP contribution is -2.57. The molecule has 7 nitrogen and oxygen atoms in total. The van der Waals surface area contributed by atoms with E-state index in [0.717, 1.165) is 31.2 Å². The van der Waals surface area contributed by atoms with E-state index in [2.05, 4.69) is 12.2 Å². The third kappa shape index (κ3) is 3.58.